The summed E-state index contributed by atoms with van der Waals surface area (Å²) in [5, 5.41) is 3.50. The van der Waals surface area contributed by atoms with E-state index in [1.165, 1.54) is 0 Å². The van der Waals surface area contributed by atoms with Gasteiger partial charge in [0.15, 0.2) is 5.96 Å². The molecular formula is C19H29IN6O. The second-order valence-corrected chi connectivity index (χ2v) is 6.84. The van der Waals surface area contributed by atoms with Crippen LogP contribution in [0.1, 0.15) is 19.6 Å². The van der Waals surface area contributed by atoms with E-state index in [9.17, 15) is 0 Å². The van der Waals surface area contributed by atoms with Crippen LogP contribution in [-0.2, 0) is 6.42 Å². The first-order chi connectivity index (χ1) is 12.7. The average Bonchev–Trinajstić information content (AvgIpc) is 3.19. The monoisotopic (exact) mass is 484 g/mol. The number of rotatable bonds is 6. The Morgan fingerprint density at radius 3 is 2.56 bits per heavy atom. The van der Waals surface area contributed by atoms with Gasteiger partial charge in [0.2, 0.25) is 5.95 Å². The normalized spacial score (nSPS) is 15.0. The van der Waals surface area contributed by atoms with Gasteiger partial charge in [-0.15, -0.1) is 24.0 Å². The first-order valence-corrected chi connectivity index (χ1v) is 9.30. The highest BCUT2D eigenvalue weighted by atomic mass is 127. The predicted molar refractivity (Wildman–Crippen MR) is 119 cm³/mol. The molecule has 0 saturated carbocycles. The summed E-state index contributed by atoms with van der Waals surface area (Å²) in [5.41, 5.74) is 0. The summed E-state index contributed by atoms with van der Waals surface area (Å²) in [4.78, 5) is 18.1. The van der Waals surface area contributed by atoms with E-state index in [0.29, 0.717) is 5.92 Å². The van der Waals surface area contributed by atoms with E-state index in [2.05, 4.69) is 38.9 Å². The number of nitrogens with one attached hydrogen (secondary N) is 1. The number of anilines is 1. The molecule has 3 heterocycles. The van der Waals surface area contributed by atoms with Crippen LogP contribution in [0.5, 0.6) is 0 Å². The third kappa shape index (κ3) is 6.67. The van der Waals surface area contributed by atoms with Crippen LogP contribution >= 0.6 is 24.0 Å². The van der Waals surface area contributed by atoms with Crippen molar-refractivity contribution in [3.8, 4) is 0 Å². The van der Waals surface area contributed by atoms with Gasteiger partial charge >= 0.3 is 0 Å². The third-order valence-electron chi connectivity index (χ3n) is 4.26. The zero-order valence-electron chi connectivity index (χ0n) is 16.0. The molecule has 2 aromatic rings. The molecule has 0 unspecified atom stereocenters. The Labute approximate surface area is 178 Å². The number of halogens is 1. The number of aromatic nitrogens is 2. The van der Waals surface area contributed by atoms with Crippen molar-refractivity contribution in [1.82, 2.24) is 20.2 Å². The highest BCUT2D eigenvalue weighted by molar-refractivity contribution is 14.0. The topological polar surface area (TPSA) is 69.8 Å². The lowest BCUT2D eigenvalue weighted by molar-refractivity contribution is 0.368. The Kier molecular flexibility index (Phi) is 8.83. The van der Waals surface area contributed by atoms with E-state index < -0.39 is 0 Å². The molecule has 8 heteroatoms. The van der Waals surface area contributed by atoms with Crippen LogP contribution in [0.2, 0.25) is 0 Å². The number of nitrogens with zero attached hydrogens (tertiary/aromatic N) is 5. The van der Waals surface area contributed by atoms with Crippen molar-refractivity contribution in [2.45, 2.75) is 20.3 Å². The summed E-state index contributed by atoms with van der Waals surface area (Å²) in [5.74, 6) is 3.32. The molecule has 2 aromatic heterocycles. The van der Waals surface area contributed by atoms with Gasteiger partial charge in [-0.3, -0.25) is 4.99 Å². The molecule has 27 heavy (non-hydrogen) atoms. The van der Waals surface area contributed by atoms with Crippen LogP contribution in [0.4, 0.5) is 5.95 Å². The molecule has 0 bridgehead atoms. The Morgan fingerprint density at radius 1 is 1.19 bits per heavy atom. The highest BCUT2D eigenvalue weighted by Gasteiger charge is 2.21. The van der Waals surface area contributed by atoms with Crippen molar-refractivity contribution in [1.29, 1.82) is 0 Å². The summed E-state index contributed by atoms with van der Waals surface area (Å²) in [6.45, 7) is 9.61. The van der Waals surface area contributed by atoms with Gasteiger partial charge in [-0.2, -0.15) is 0 Å². The fourth-order valence-electron chi connectivity index (χ4n) is 2.86. The minimum atomic E-state index is 0. The minimum Gasteiger partial charge on any atom is -0.469 e. The number of hydrogen-bond acceptors (Lipinski definition) is 5. The fourth-order valence-corrected chi connectivity index (χ4v) is 2.86. The molecule has 0 atom stereocenters. The van der Waals surface area contributed by atoms with Gasteiger partial charge < -0.3 is 19.5 Å². The zero-order valence-corrected chi connectivity index (χ0v) is 18.4. The van der Waals surface area contributed by atoms with Crippen LogP contribution in [0.25, 0.3) is 0 Å². The number of guanidine groups is 1. The molecule has 148 valence electrons. The Bertz CT molecular complexity index is 669. The van der Waals surface area contributed by atoms with E-state index in [1.807, 2.05) is 18.2 Å². The van der Waals surface area contributed by atoms with Crippen LogP contribution in [0.15, 0.2) is 46.3 Å². The number of piperazine rings is 1. The summed E-state index contributed by atoms with van der Waals surface area (Å²) < 4.78 is 5.41. The second-order valence-electron chi connectivity index (χ2n) is 6.84. The Balaban J connectivity index is 0.00000261. The minimum absolute atomic E-state index is 0. The first-order valence-electron chi connectivity index (χ1n) is 9.30. The standard InChI is InChI=1S/C19H28N6O.HI/c1-16(2)15-23-19(22-9-6-17-5-3-14-26-17)25-12-10-24(11-13-25)18-20-7-4-8-21-18;/h3-5,7-8,14,16H,6,9-13,15H2,1-2H3,(H,22,23);1H. The molecule has 0 spiro atoms. The zero-order chi connectivity index (χ0) is 18.2. The van der Waals surface area contributed by atoms with Crippen molar-refractivity contribution in [2.75, 3.05) is 44.2 Å². The molecule has 3 rings (SSSR count). The first kappa shape index (κ1) is 21.5. The second kappa shape index (κ2) is 11.1. The molecule has 0 radical (unpaired) electrons. The quantitative estimate of drug-likeness (QED) is 0.387. The van der Waals surface area contributed by atoms with Gasteiger partial charge in [0.1, 0.15) is 5.76 Å². The van der Waals surface area contributed by atoms with E-state index in [4.69, 9.17) is 9.41 Å². The molecule has 1 aliphatic rings. The van der Waals surface area contributed by atoms with Crippen molar-refractivity contribution in [3.63, 3.8) is 0 Å². The van der Waals surface area contributed by atoms with Crippen LogP contribution in [-0.4, -0.2) is 60.1 Å². The lowest BCUT2D eigenvalue weighted by Gasteiger charge is -2.36. The Hall–Kier alpha value is -1.84. The van der Waals surface area contributed by atoms with Gasteiger partial charge in [-0.25, -0.2) is 9.97 Å². The molecule has 1 saturated heterocycles. The van der Waals surface area contributed by atoms with Crippen LogP contribution < -0.4 is 10.2 Å². The third-order valence-corrected chi connectivity index (χ3v) is 4.26. The van der Waals surface area contributed by atoms with Crippen molar-refractivity contribution >= 4 is 35.9 Å². The van der Waals surface area contributed by atoms with Crippen molar-refractivity contribution < 1.29 is 4.42 Å². The summed E-state index contributed by atoms with van der Waals surface area (Å²) in [6.07, 6.45) is 6.15. The highest BCUT2D eigenvalue weighted by Crippen LogP contribution is 2.10. The van der Waals surface area contributed by atoms with E-state index >= 15 is 0 Å². The van der Waals surface area contributed by atoms with E-state index in [0.717, 1.165) is 63.4 Å². The molecule has 1 N–H and O–H groups in total. The molecular weight excluding hydrogens is 455 g/mol. The molecule has 0 aromatic carbocycles. The van der Waals surface area contributed by atoms with Crippen LogP contribution in [0.3, 0.4) is 0 Å². The summed E-state index contributed by atoms with van der Waals surface area (Å²) in [7, 11) is 0. The fraction of sp³-hybridized carbons (Fsp3) is 0.526. The maximum atomic E-state index is 5.41. The number of furan rings is 1. The molecule has 0 amide bonds. The lowest BCUT2D eigenvalue weighted by atomic mass is 10.2. The maximum absolute atomic E-state index is 5.41. The van der Waals surface area contributed by atoms with Crippen molar-refractivity contribution in [3.05, 3.63) is 42.6 Å². The van der Waals surface area contributed by atoms with Gasteiger partial charge in [0, 0.05) is 58.1 Å². The van der Waals surface area contributed by atoms with E-state index in [-0.39, 0.29) is 24.0 Å². The summed E-state index contributed by atoms with van der Waals surface area (Å²) >= 11 is 0. The average molecular weight is 484 g/mol. The Morgan fingerprint density at radius 2 is 1.93 bits per heavy atom. The van der Waals surface area contributed by atoms with Gasteiger partial charge in [0.05, 0.1) is 6.26 Å². The molecule has 0 aliphatic carbocycles. The van der Waals surface area contributed by atoms with Gasteiger partial charge in [0.25, 0.3) is 0 Å². The number of hydrogen-bond donors (Lipinski definition) is 1. The molecule has 1 fully saturated rings. The van der Waals surface area contributed by atoms with E-state index in [1.54, 1.807) is 18.7 Å². The largest absolute Gasteiger partial charge is 0.469 e. The van der Waals surface area contributed by atoms with Crippen molar-refractivity contribution in [2.24, 2.45) is 10.9 Å². The predicted octanol–water partition coefficient (Wildman–Crippen LogP) is 2.65. The summed E-state index contributed by atoms with van der Waals surface area (Å²) in [6, 6.07) is 5.78. The maximum Gasteiger partial charge on any atom is 0.225 e. The van der Waals surface area contributed by atoms with Crippen LogP contribution in [0, 0.1) is 5.92 Å². The van der Waals surface area contributed by atoms with Gasteiger partial charge in [-0.05, 0) is 24.1 Å². The SMILES string of the molecule is CC(C)CN=C(NCCc1ccco1)N1CCN(c2ncccn2)CC1.I. The molecule has 1 aliphatic heterocycles. The lowest BCUT2D eigenvalue weighted by Crippen LogP contribution is -2.53. The molecule has 7 nitrogen and oxygen atoms in total. The number of aliphatic imine (C=N–C) groups is 1. The van der Waals surface area contributed by atoms with Gasteiger partial charge in [-0.1, -0.05) is 13.8 Å². The smallest absolute Gasteiger partial charge is 0.225 e.